The lowest BCUT2D eigenvalue weighted by Crippen LogP contribution is -2.33. The van der Waals surface area contributed by atoms with Crippen LogP contribution in [0.3, 0.4) is 0 Å². The Morgan fingerprint density at radius 3 is 2.79 bits per heavy atom. The zero-order valence-corrected chi connectivity index (χ0v) is 14.3. The SMILES string of the molecule is CN(C[C@@H]1CCN(c2ccccc2)C1)C(=O)c1cc(Cl)ccc1F. The first-order valence-electron chi connectivity index (χ1n) is 8.05. The molecule has 1 saturated heterocycles. The molecule has 1 aliphatic heterocycles. The second kappa shape index (κ2) is 7.22. The Labute approximate surface area is 146 Å². The van der Waals surface area contributed by atoms with Crippen molar-refractivity contribution in [2.75, 3.05) is 31.6 Å². The van der Waals surface area contributed by atoms with Gasteiger partial charge in [-0.25, -0.2) is 4.39 Å². The summed E-state index contributed by atoms with van der Waals surface area (Å²) < 4.78 is 13.9. The standard InChI is InChI=1S/C19H20ClFN2O/c1-22(19(24)17-11-15(20)7-8-18(17)21)12-14-9-10-23(13-14)16-5-3-2-4-6-16/h2-8,11,14H,9-10,12-13H2,1H3/t14-/m0/s1. The van der Waals surface area contributed by atoms with E-state index in [-0.39, 0.29) is 11.5 Å². The van der Waals surface area contributed by atoms with Crippen molar-refractivity contribution in [2.24, 2.45) is 5.92 Å². The van der Waals surface area contributed by atoms with E-state index >= 15 is 0 Å². The highest BCUT2D eigenvalue weighted by Crippen LogP contribution is 2.24. The molecule has 0 N–H and O–H groups in total. The number of carbonyl (C=O) groups excluding carboxylic acids is 1. The van der Waals surface area contributed by atoms with Crippen LogP contribution in [0.5, 0.6) is 0 Å². The minimum Gasteiger partial charge on any atom is -0.371 e. The molecular formula is C19H20ClFN2O. The highest BCUT2D eigenvalue weighted by atomic mass is 35.5. The van der Waals surface area contributed by atoms with E-state index in [9.17, 15) is 9.18 Å². The van der Waals surface area contributed by atoms with Gasteiger partial charge in [-0.2, -0.15) is 0 Å². The van der Waals surface area contributed by atoms with Crippen molar-refractivity contribution >= 4 is 23.2 Å². The topological polar surface area (TPSA) is 23.6 Å². The number of para-hydroxylation sites is 1. The number of hydrogen-bond acceptors (Lipinski definition) is 2. The molecule has 0 unspecified atom stereocenters. The third kappa shape index (κ3) is 3.70. The molecule has 0 radical (unpaired) electrons. The summed E-state index contributed by atoms with van der Waals surface area (Å²) in [4.78, 5) is 16.4. The number of amides is 1. The number of hydrogen-bond donors (Lipinski definition) is 0. The van der Waals surface area contributed by atoms with E-state index in [2.05, 4.69) is 17.0 Å². The Kier molecular flexibility index (Phi) is 5.05. The summed E-state index contributed by atoms with van der Waals surface area (Å²) in [6.45, 7) is 2.48. The lowest BCUT2D eigenvalue weighted by Gasteiger charge is -2.23. The number of benzene rings is 2. The van der Waals surface area contributed by atoms with Crippen LogP contribution in [0.25, 0.3) is 0 Å². The molecule has 0 saturated carbocycles. The first-order valence-corrected chi connectivity index (χ1v) is 8.43. The Morgan fingerprint density at radius 2 is 2.04 bits per heavy atom. The summed E-state index contributed by atoms with van der Waals surface area (Å²) in [5.74, 6) is -0.483. The van der Waals surface area contributed by atoms with Crippen molar-refractivity contribution in [1.82, 2.24) is 4.90 Å². The summed E-state index contributed by atoms with van der Waals surface area (Å²) in [7, 11) is 1.72. The maximum absolute atomic E-state index is 13.9. The molecule has 5 heteroatoms. The highest BCUT2D eigenvalue weighted by molar-refractivity contribution is 6.31. The van der Waals surface area contributed by atoms with Gasteiger partial charge < -0.3 is 9.80 Å². The van der Waals surface area contributed by atoms with E-state index in [1.54, 1.807) is 11.9 Å². The molecule has 1 amide bonds. The van der Waals surface area contributed by atoms with Gasteiger partial charge in [0.1, 0.15) is 5.82 Å². The van der Waals surface area contributed by atoms with E-state index < -0.39 is 5.82 Å². The Morgan fingerprint density at radius 1 is 1.29 bits per heavy atom. The Bertz CT molecular complexity index is 723. The van der Waals surface area contributed by atoms with Crippen LogP contribution in [-0.4, -0.2) is 37.5 Å². The first-order chi connectivity index (χ1) is 11.5. The van der Waals surface area contributed by atoms with Crippen molar-refractivity contribution in [3.8, 4) is 0 Å². The molecule has 1 atom stereocenters. The normalized spacial score (nSPS) is 17.1. The third-order valence-electron chi connectivity index (χ3n) is 4.44. The minimum absolute atomic E-state index is 0.0305. The number of nitrogens with zero attached hydrogens (tertiary/aromatic N) is 2. The van der Waals surface area contributed by atoms with Gasteiger partial charge in [0.05, 0.1) is 5.56 Å². The van der Waals surface area contributed by atoms with Crippen LogP contribution in [0.2, 0.25) is 5.02 Å². The van der Waals surface area contributed by atoms with Crippen molar-refractivity contribution in [3.05, 3.63) is 64.9 Å². The fraction of sp³-hybridized carbons (Fsp3) is 0.316. The molecule has 1 aliphatic rings. The molecule has 2 aromatic carbocycles. The zero-order valence-electron chi connectivity index (χ0n) is 13.6. The second-order valence-corrected chi connectivity index (χ2v) is 6.68. The summed E-state index contributed by atoms with van der Waals surface area (Å²) in [5.41, 5.74) is 1.23. The predicted molar refractivity (Wildman–Crippen MR) is 95.1 cm³/mol. The van der Waals surface area contributed by atoms with Gasteiger partial charge in [0.2, 0.25) is 0 Å². The molecule has 0 bridgehead atoms. The lowest BCUT2D eigenvalue weighted by molar-refractivity contribution is 0.0771. The molecule has 1 fully saturated rings. The van der Waals surface area contributed by atoms with Gasteiger partial charge in [0, 0.05) is 37.4 Å². The van der Waals surface area contributed by atoms with Gasteiger partial charge in [0.25, 0.3) is 5.91 Å². The molecule has 0 spiro atoms. The largest absolute Gasteiger partial charge is 0.371 e. The predicted octanol–water partition coefficient (Wildman–Crippen LogP) is 4.08. The fourth-order valence-electron chi connectivity index (χ4n) is 3.19. The van der Waals surface area contributed by atoms with Gasteiger partial charge in [-0.05, 0) is 42.7 Å². The van der Waals surface area contributed by atoms with Gasteiger partial charge >= 0.3 is 0 Å². The average molecular weight is 347 g/mol. The van der Waals surface area contributed by atoms with Crippen molar-refractivity contribution < 1.29 is 9.18 Å². The van der Waals surface area contributed by atoms with Gasteiger partial charge in [-0.1, -0.05) is 29.8 Å². The van der Waals surface area contributed by atoms with Crippen LogP contribution >= 0.6 is 11.6 Å². The third-order valence-corrected chi connectivity index (χ3v) is 4.68. The lowest BCUT2D eigenvalue weighted by atomic mass is 10.1. The van der Waals surface area contributed by atoms with Crippen molar-refractivity contribution in [3.63, 3.8) is 0 Å². The maximum Gasteiger partial charge on any atom is 0.256 e. The maximum atomic E-state index is 13.9. The van der Waals surface area contributed by atoms with Crippen LogP contribution in [0.15, 0.2) is 48.5 Å². The Hall–Kier alpha value is -2.07. The van der Waals surface area contributed by atoms with E-state index in [0.29, 0.717) is 17.5 Å². The Balaban J connectivity index is 1.62. The molecule has 1 heterocycles. The van der Waals surface area contributed by atoms with Crippen LogP contribution in [-0.2, 0) is 0 Å². The number of anilines is 1. The molecule has 0 aliphatic carbocycles. The minimum atomic E-state index is -0.534. The molecule has 2 aromatic rings. The summed E-state index contributed by atoms with van der Waals surface area (Å²) >= 11 is 5.88. The highest BCUT2D eigenvalue weighted by Gasteiger charge is 2.26. The number of carbonyl (C=O) groups is 1. The fourth-order valence-corrected chi connectivity index (χ4v) is 3.36. The number of rotatable bonds is 4. The van der Waals surface area contributed by atoms with E-state index in [4.69, 9.17) is 11.6 Å². The summed E-state index contributed by atoms with van der Waals surface area (Å²) in [6, 6.07) is 14.3. The van der Waals surface area contributed by atoms with E-state index in [0.717, 1.165) is 19.5 Å². The molecule has 0 aromatic heterocycles. The van der Waals surface area contributed by atoms with E-state index in [1.807, 2.05) is 18.2 Å². The molecule has 126 valence electrons. The molecular weight excluding hydrogens is 327 g/mol. The van der Waals surface area contributed by atoms with Crippen LogP contribution in [0, 0.1) is 11.7 Å². The zero-order chi connectivity index (χ0) is 17.1. The van der Waals surface area contributed by atoms with Crippen LogP contribution in [0.4, 0.5) is 10.1 Å². The van der Waals surface area contributed by atoms with Crippen LogP contribution in [0.1, 0.15) is 16.8 Å². The van der Waals surface area contributed by atoms with Gasteiger partial charge in [-0.15, -0.1) is 0 Å². The summed E-state index contributed by atoms with van der Waals surface area (Å²) in [6.07, 6.45) is 1.02. The van der Waals surface area contributed by atoms with Gasteiger partial charge in [0.15, 0.2) is 0 Å². The smallest absolute Gasteiger partial charge is 0.256 e. The van der Waals surface area contributed by atoms with Gasteiger partial charge in [-0.3, -0.25) is 4.79 Å². The van der Waals surface area contributed by atoms with E-state index in [1.165, 1.54) is 23.9 Å². The molecule has 3 rings (SSSR count). The number of halogens is 2. The first kappa shape index (κ1) is 16.8. The molecule has 24 heavy (non-hydrogen) atoms. The van der Waals surface area contributed by atoms with Crippen molar-refractivity contribution in [2.45, 2.75) is 6.42 Å². The van der Waals surface area contributed by atoms with Crippen LogP contribution < -0.4 is 4.90 Å². The second-order valence-electron chi connectivity index (χ2n) is 6.25. The quantitative estimate of drug-likeness (QED) is 0.833. The summed E-state index contributed by atoms with van der Waals surface area (Å²) in [5, 5.41) is 0.365. The average Bonchev–Trinajstić information content (AvgIpc) is 3.05. The monoisotopic (exact) mass is 346 g/mol. The van der Waals surface area contributed by atoms with Crippen molar-refractivity contribution in [1.29, 1.82) is 0 Å². The molecule has 3 nitrogen and oxygen atoms in total.